The Morgan fingerprint density at radius 3 is 2.62 bits per heavy atom. The van der Waals surface area contributed by atoms with Gasteiger partial charge in [-0.25, -0.2) is 8.42 Å². The second-order valence-electron chi connectivity index (χ2n) is 5.80. The number of halogens is 1. The summed E-state index contributed by atoms with van der Waals surface area (Å²) in [4.78, 5) is 14.3. The lowest BCUT2D eigenvalue weighted by Gasteiger charge is -2.35. The maximum atomic E-state index is 12.9. The summed E-state index contributed by atoms with van der Waals surface area (Å²) < 4.78 is 27.3. The van der Waals surface area contributed by atoms with Crippen molar-refractivity contribution >= 4 is 28.1 Å². The zero-order valence-electron chi connectivity index (χ0n) is 13.8. The highest BCUT2D eigenvalue weighted by Gasteiger charge is 2.33. The van der Waals surface area contributed by atoms with E-state index in [4.69, 9.17) is 0 Å². The first-order valence-corrected chi connectivity index (χ1v) is 9.42. The van der Waals surface area contributed by atoms with Gasteiger partial charge in [-0.15, -0.1) is 12.4 Å². The maximum Gasteiger partial charge on any atom is 0.269 e. The SMILES string of the molecule is Cl.O=[N+]([O-])c1ccc(CS(=O)(=O)N2CCNCC2c2cccnc2)cc1. The minimum Gasteiger partial charge on any atom is -0.313 e. The third-order valence-electron chi connectivity index (χ3n) is 4.12. The van der Waals surface area contributed by atoms with E-state index in [1.165, 1.54) is 28.6 Å². The number of nitro groups is 1. The molecule has 2 heterocycles. The first-order chi connectivity index (χ1) is 12.0. The highest BCUT2D eigenvalue weighted by molar-refractivity contribution is 7.88. The van der Waals surface area contributed by atoms with Crippen LogP contribution in [0.5, 0.6) is 0 Å². The third-order valence-corrected chi connectivity index (χ3v) is 5.97. The number of non-ortho nitro benzene ring substituents is 1. The topological polar surface area (TPSA) is 105 Å². The first kappa shape index (κ1) is 20.2. The molecule has 1 atom stereocenters. The fourth-order valence-electron chi connectivity index (χ4n) is 2.88. The molecular weight excluding hydrogens is 380 g/mol. The number of sulfonamides is 1. The van der Waals surface area contributed by atoms with Crippen molar-refractivity contribution < 1.29 is 13.3 Å². The van der Waals surface area contributed by atoms with Crippen molar-refractivity contribution in [1.29, 1.82) is 0 Å². The number of nitrogens with zero attached hydrogens (tertiary/aromatic N) is 3. The molecule has 140 valence electrons. The number of rotatable bonds is 5. The predicted octanol–water partition coefficient (Wildman–Crippen LogP) is 1.89. The summed E-state index contributed by atoms with van der Waals surface area (Å²) in [5.74, 6) is -0.193. The average Bonchev–Trinajstić information content (AvgIpc) is 2.62. The van der Waals surface area contributed by atoms with Gasteiger partial charge in [0, 0.05) is 44.2 Å². The number of hydrogen-bond donors (Lipinski definition) is 1. The summed E-state index contributed by atoms with van der Waals surface area (Å²) in [7, 11) is -3.57. The zero-order valence-corrected chi connectivity index (χ0v) is 15.4. The van der Waals surface area contributed by atoms with Crippen LogP contribution in [-0.2, 0) is 15.8 Å². The summed E-state index contributed by atoms with van der Waals surface area (Å²) in [5, 5.41) is 13.9. The molecular formula is C16H19ClN4O4S. The fraction of sp³-hybridized carbons (Fsp3) is 0.312. The van der Waals surface area contributed by atoms with Crippen LogP contribution >= 0.6 is 12.4 Å². The zero-order chi connectivity index (χ0) is 17.9. The number of piperazine rings is 1. The van der Waals surface area contributed by atoms with Gasteiger partial charge in [-0.2, -0.15) is 4.31 Å². The van der Waals surface area contributed by atoms with Gasteiger partial charge in [0.05, 0.1) is 16.7 Å². The van der Waals surface area contributed by atoms with Crippen LogP contribution in [0.15, 0.2) is 48.8 Å². The Morgan fingerprint density at radius 2 is 2.00 bits per heavy atom. The highest BCUT2D eigenvalue weighted by atomic mass is 35.5. The van der Waals surface area contributed by atoms with E-state index in [2.05, 4.69) is 10.3 Å². The largest absolute Gasteiger partial charge is 0.313 e. The minimum atomic E-state index is -3.57. The van der Waals surface area contributed by atoms with Crippen molar-refractivity contribution in [3.8, 4) is 0 Å². The van der Waals surface area contributed by atoms with Gasteiger partial charge < -0.3 is 5.32 Å². The molecule has 1 fully saturated rings. The smallest absolute Gasteiger partial charge is 0.269 e. The number of aromatic nitrogens is 1. The van der Waals surface area contributed by atoms with Crippen LogP contribution in [0.25, 0.3) is 0 Å². The lowest BCUT2D eigenvalue weighted by atomic mass is 10.1. The van der Waals surface area contributed by atoms with Gasteiger partial charge >= 0.3 is 0 Å². The molecule has 1 unspecified atom stereocenters. The van der Waals surface area contributed by atoms with Gasteiger partial charge in [-0.3, -0.25) is 15.1 Å². The van der Waals surface area contributed by atoms with E-state index >= 15 is 0 Å². The maximum absolute atomic E-state index is 12.9. The molecule has 1 aromatic carbocycles. The molecule has 0 aliphatic carbocycles. The van der Waals surface area contributed by atoms with Crippen molar-refractivity contribution in [2.24, 2.45) is 0 Å². The number of nitro benzene ring substituents is 1. The summed E-state index contributed by atoms with van der Waals surface area (Å²) in [6.45, 7) is 1.47. The van der Waals surface area contributed by atoms with Gasteiger partial charge in [0.15, 0.2) is 0 Å². The van der Waals surface area contributed by atoms with Crippen LogP contribution in [0.2, 0.25) is 0 Å². The third kappa shape index (κ3) is 4.55. The summed E-state index contributed by atoms with van der Waals surface area (Å²) in [5.41, 5.74) is 1.30. The molecule has 1 aliphatic rings. The summed E-state index contributed by atoms with van der Waals surface area (Å²) >= 11 is 0. The second-order valence-corrected chi connectivity index (χ2v) is 7.72. The van der Waals surface area contributed by atoms with Crippen LogP contribution in [0.1, 0.15) is 17.2 Å². The van der Waals surface area contributed by atoms with Crippen molar-refractivity contribution in [2.75, 3.05) is 19.6 Å². The molecule has 26 heavy (non-hydrogen) atoms. The van der Waals surface area contributed by atoms with Crippen LogP contribution in [0, 0.1) is 10.1 Å². The van der Waals surface area contributed by atoms with E-state index in [1.807, 2.05) is 6.07 Å². The predicted molar refractivity (Wildman–Crippen MR) is 99.5 cm³/mol. The van der Waals surface area contributed by atoms with E-state index in [9.17, 15) is 18.5 Å². The average molecular weight is 399 g/mol. The van der Waals surface area contributed by atoms with Crippen LogP contribution in [0.4, 0.5) is 5.69 Å². The van der Waals surface area contributed by atoms with Gasteiger partial charge in [0.25, 0.3) is 5.69 Å². The second kappa shape index (κ2) is 8.54. The molecule has 3 rings (SSSR count). The van der Waals surface area contributed by atoms with Crippen LogP contribution in [0.3, 0.4) is 0 Å². The fourth-order valence-corrected chi connectivity index (χ4v) is 4.62. The monoisotopic (exact) mass is 398 g/mol. The molecule has 10 heteroatoms. The number of benzene rings is 1. The van der Waals surface area contributed by atoms with E-state index in [0.29, 0.717) is 25.2 Å². The Balaban J connectivity index is 0.00000243. The normalized spacial score (nSPS) is 18.1. The Morgan fingerprint density at radius 1 is 1.27 bits per heavy atom. The molecule has 1 aromatic heterocycles. The highest BCUT2D eigenvalue weighted by Crippen LogP contribution is 2.26. The van der Waals surface area contributed by atoms with Crippen LogP contribution in [-0.4, -0.2) is 42.3 Å². The summed E-state index contributed by atoms with van der Waals surface area (Å²) in [6, 6.07) is 8.94. The van der Waals surface area contributed by atoms with Crippen molar-refractivity contribution in [3.05, 3.63) is 70.0 Å². The molecule has 0 radical (unpaired) electrons. The molecule has 1 aliphatic heterocycles. The van der Waals surface area contributed by atoms with Gasteiger partial charge in [-0.05, 0) is 17.2 Å². The number of hydrogen-bond acceptors (Lipinski definition) is 6. The van der Waals surface area contributed by atoms with E-state index in [0.717, 1.165) is 5.56 Å². The number of pyridine rings is 1. The van der Waals surface area contributed by atoms with Crippen molar-refractivity contribution in [3.63, 3.8) is 0 Å². The Bertz CT molecular complexity index is 846. The van der Waals surface area contributed by atoms with Gasteiger partial charge in [0.1, 0.15) is 0 Å². The van der Waals surface area contributed by atoms with Crippen LogP contribution < -0.4 is 5.32 Å². The summed E-state index contributed by atoms with van der Waals surface area (Å²) in [6.07, 6.45) is 3.32. The first-order valence-electron chi connectivity index (χ1n) is 7.81. The Hall–Kier alpha value is -2.07. The molecule has 0 spiro atoms. The van der Waals surface area contributed by atoms with Gasteiger partial charge in [-0.1, -0.05) is 18.2 Å². The standard InChI is InChI=1S/C16H18N4O4S.ClH/c21-20(22)15-5-3-13(4-6-15)12-25(23,24)19-9-8-18-11-16(19)14-2-1-7-17-10-14;/h1-7,10,16,18H,8-9,11-12H2;1H. The molecule has 1 N–H and O–H groups in total. The van der Waals surface area contributed by atoms with Crippen molar-refractivity contribution in [2.45, 2.75) is 11.8 Å². The molecule has 0 saturated carbocycles. The van der Waals surface area contributed by atoms with E-state index in [1.54, 1.807) is 18.5 Å². The molecule has 0 bridgehead atoms. The Kier molecular flexibility index (Phi) is 6.65. The minimum absolute atomic E-state index is 0. The lowest BCUT2D eigenvalue weighted by Crippen LogP contribution is -2.48. The van der Waals surface area contributed by atoms with E-state index < -0.39 is 14.9 Å². The molecule has 1 saturated heterocycles. The molecule has 2 aromatic rings. The molecule has 0 amide bonds. The lowest BCUT2D eigenvalue weighted by molar-refractivity contribution is -0.384. The van der Waals surface area contributed by atoms with E-state index in [-0.39, 0.29) is 29.9 Å². The number of nitrogens with one attached hydrogen (secondary N) is 1. The Labute approximate surface area is 157 Å². The van der Waals surface area contributed by atoms with Crippen molar-refractivity contribution in [1.82, 2.24) is 14.6 Å². The van der Waals surface area contributed by atoms with Gasteiger partial charge in [0.2, 0.25) is 10.0 Å². The quantitative estimate of drug-likeness (QED) is 0.609. The molecule has 8 nitrogen and oxygen atoms in total.